The second kappa shape index (κ2) is 10.7. The summed E-state index contributed by atoms with van der Waals surface area (Å²) in [5, 5.41) is 12.4. The van der Waals surface area contributed by atoms with E-state index in [4.69, 9.17) is 4.74 Å². The van der Waals surface area contributed by atoms with Gasteiger partial charge in [0.25, 0.3) is 0 Å². The minimum atomic E-state index is 0.0583. The first-order chi connectivity index (χ1) is 11.1. The van der Waals surface area contributed by atoms with Crippen molar-refractivity contribution in [3.05, 3.63) is 35.9 Å². The molecule has 1 rings (SSSR count). The van der Waals surface area contributed by atoms with E-state index in [9.17, 15) is 9.90 Å². The number of phenols is 1. The van der Waals surface area contributed by atoms with E-state index >= 15 is 0 Å². The smallest absolute Gasteiger partial charge is 0.220 e. The minimum Gasteiger partial charge on any atom is -0.504 e. The molecule has 0 saturated carbocycles. The summed E-state index contributed by atoms with van der Waals surface area (Å²) in [5.74, 6) is 1.22. The van der Waals surface area contributed by atoms with Gasteiger partial charge in [-0.05, 0) is 42.9 Å². The highest BCUT2D eigenvalue weighted by molar-refractivity contribution is 5.75. The number of allylic oxidation sites excluding steroid dienone is 2. The van der Waals surface area contributed by atoms with Crippen LogP contribution in [-0.4, -0.2) is 18.1 Å². The van der Waals surface area contributed by atoms with Crippen LogP contribution in [0, 0.1) is 5.92 Å². The lowest BCUT2D eigenvalue weighted by atomic mass is 10.1. The molecule has 0 heterocycles. The summed E-state index contributed by atoms with van der Waals surface area (Å²) in [4.78, 5) is 11.8. The number of phenolic OH excluding ortho intramolecular Hbond substituents is 1. The molecule has 0 saturated heterocycles. The van der Waals surface area contributed by atoms with Crippen molar-refractivity contribution >= 4 is 5.91 Å². The fourth-order valence-electron chi connectivity index (χ4n) is 2.13. The van der Waals surface area contributed by atoms with E-state index in [1.54, 1.807) is 18.2 Å². The van der Waals surface area contributed by atoms with Crippen LogP contribution in [0.4, 0.5) is 0 Å². The predicted molar refractivity (Wildman–Crippen MR) is 93.6 cm³/mol. The lowest BCUT2D eigenvalue weighted by Gasteiger charge is -2.08. The number of rotatable bonds is 10. The van der Waals surface area contributed by atoms with Crippen molar-refractivity contribution in [3.63, 3.8) is 0 Å². The summed E-state index contributed by atoms with van der Waals surface area (Å²) < 4.78 is 5.05. The van der Waals surface area contributed by atoms with Gasteiger partial charge in [-0.3, -0.25) is 4.79 Å². The molecule has 0 aliphatic heterocycles. The van der Waals surface area contributed by atoms with E-state index < -0.39 is 0 Å². The molecular weight excluding hydrogens is 290 g/mol. The molecule has 0 radical (unpaired) electrons. The molecule has 1 atom stereocenters. The van der Waals surface area contributed by atoms with Crippen LogP contribution in [0.25, 0.3) is 0 Å². The predicted octanol–water partition coefficient (Wildman–Crippen LogP) is 4.18. The Morgan fingerprint density at radius 1 is 1.39 bits per heavy atom. The maximum absolute atomic E-state index is 11.8. The van der Waals surface area contributed by atoms with Crippen LogP contribution >= 0.6 is 0 Å². The van der Waals surface area contributed by atoms with E-state index in [2.05, 4.69) is 31.3 Å². The maximum Gasteiger partial charge on any atom is 0.220 e. The molecule has 1 aromatic carbocycles. The molecular formula is C19H29NO3. The van der Waals surface area contributed by atoms with Crippen molar-refractivity contribution in [1.29, 1.82) is 0 Å². The number of hydrogen-bond donors (Lipinski definition) is 2. The van der Waals surface area contributed by atoms with Crippen molar-refractivity contribution in [3.8, 4) is 11.5 Å². The molecule has 4 heteroatoms. The van der Waals surface area contributed by atoms with Crippen LogP contribution < -0.4 is 10.1 Å². The Bertz CT molecular complexity index is 511. The van der Waals surface area contributed by atoms with Crippen molar-refractivity contribution in [1.82, 2.24) is 5.32 Å². The summed E-state index contributed by atoms with van der Waals surface area (Å²) in [6.07, 6.45) is 9.15. The van der Waals surface area contributed by atoms with Gasteiger partial charge >= 0.3 is 0 Å². The van der Waals surface area contributed by atoms with Gasteiger partial charge in [-0.25, -0.2) is 0 Å². The molecule has 128 valence electrons. The zero-order valence-corrected chi connectivity index (χ0v) is 14.5. The van der Waals surface area contributed by atoms with Crippen LogP contribution in [0.15, 0.2) is 30.4 Å². The summed E-state index contributed by atoms with van der Waals surface area (Å²) in [6.45, 7) is 4.84. The molecule has 2 N–H and O–H groups in total. The van der Waals surface area contributed by atoms with E-state index in [0.29, 0.717) is 24.6 Å². The number of carbonyl (C=O) groups is 1. The van der Waals surface area contributed by atoms with E-state index in [-0.39, 0.29) is 11.7 Å². The standard InChI is InChI=1S/C19H29NO3/c1-4-15(2)9-7-5-6-8-10-19(22)20-14-16-11-12-17(21)18(13-16)23-3/h7,9,11-13,15,21H,4-6,8,10,14H2,1-3H3,(H,20,22)/b9-7+/t15-/m1/s1. The highest BCUT2D eigenvalue weighted by atomic mass is 16.5. The van der Waals surface area contributed by atoms with Crippen molar-refractivity contribution in [2.24, 2.45) is 5.92 Å². The molecule has 0 aliphatic carbocycles. The quantitative estimate of drug-likeness (QED) is 0.502. The minimum absolute atomic E-state index is 0.0583. The highest BCUT2D eigenvalue weighted by Gasteiger charge is 2.05. The fraction of sp³-hybridized carbons (Fsp3) is 0.526. The second-order valence-electron chi connectivity index (χ2n) is 5.84. The first-order valence-electron chi connectivity index (χ1n) is 8.36. The molecule has 1 amide bonds. The van der Waals surface area contributed by atoms with E-state index in [1.165, 1.54) is 13.5 Å². The van der Waals surface area contributed by atoms with E-state index in [0.717, 1.165) is 24.8 Å². The summed E-state index contributed by atoms with van der Waals surface area (Å²) in [6, 6.07) is 5.08. The van der Waals surface area contributed by atoms with Gasteiger partial charge in [-0.2, -0.15) is 0 Å². The number of hydrogen-bond acceptors (Lipinski definition) is 3. The largest absolute Gasteiger partial charge is 0.504 e. The molecule has 0 spiro atoms. The zero-order valence-electron chi connectivity index (χ0n) is 14.5. The molecule has 0 unspecified atom stereocenters. The average molecular weight is 319 g/mol. The van der Waals surface area contributed by atoms with Crippen LogP contribution in [-0.2, 0) is 11.3 Å². The lowest BCUT2D eigenvalue weighted by molar-refractivity contribution is -0.121. The Labute approximate surface area is 139 Å². The summed E-state index contributed by atoms with van der Waals surface area (Å²) >= 11 is 0. The first-order valence-corrected chi connectivity index (χ1v) is 8.36. The van der Waals surface area contributed by atoms with Gasteiger partial charge in [-0.15, -0.1) is 0 Å². The number of aromatic hydroxyl groups is 1. The van der Waals surface area contributed by atoms with Crippen molar-refractivity contribution < 1.29 is 14.6 Å². The number of carbonyl (C=O) groups excluding carboxylic acids is 1. The Hall–Kier alpha value is -1.97. The Morgan fingerprint density at radius 3 is 2.87 bits per heavy atom. The third-order valence-electron chi connectivity index (χ3n) is 3.87. The van der Waals surface area contributed by atoms with Gasteiger partial charge in [-0.1, -0.05) is 38.5 Å². The van der Waals surface area contributed by atoms with Gasteiger partial charge in [0.05, 0.1) is 7.11 Å². The van der Waals surface area contributed by atoms with E-state index in [1.807, 2.05) is 0 Å². The fourth-order valence-corrected chi connectivity index (χ4v) is 2.13. The second-order valence-corrected chi connectivity index (χ2v) is 5.84. The Kier molecular flexibility index (Phi) is 8.88. The number of amides is 1. The number of benzene rings is 1. The topological polar surface area (TPSA) is 58.6 Å². The summed E-state index contributed by atoms with van der Waals surface area (Å²) in [7, 11) is 1.51. The third-order valence-corrected chi connectivity index (χ3v) is 3.87. The number of nitrogens with one attached hydrogen (secondary N) is 1. The molecule has 0 aromatic heterocycles. The molecule has 0 aliphatic rings. The van der Waals surface area contributed by atoms with Crippen LogP contribution in [0.1, 0.15) is 51.5 Å². The zero-order chi connectivity index (χ0) is 17.1. The van der Waals surface area contributed by atoms with Gasteiger partial charge < -0.3 is 15.2 Å². The SMILES string of the molecule is CC[C@@H](C)/C=C/CCCCC(=O)NCc1ccc(O)c(OC)c1. The highest BCUT2D eigenvalue weighted by Crippen LogP contribution is 2.26. The molecule has 0 fully saturated rings. The molecule has 1 aromatic rings. The monoisotopic (exact) mass is 319 g/mol. The van der Waals surface area contributed by atoms with Gasteiger partial charge in [0, 0.05) is 13.0 Å². The number of unbranched alkanes of at least 4 members (excludes halogenated alkanes) is 2. The molecule has 4 nitrogen and oxygen atoms in total. The lowest BCUT2D eigenvalue weighted by Crippen LogP contribution is -2.22. The normalized spacial score (nSPS) is 12.3. The Balaban J connectivity index is 2.21. The molecule has 0 bridgehead atoms. The van der Waals surface area contributed by atoms with Crippen LogP contribution in [0.5, 0.6) is 11.5 Å². The first kappa shape index (κ1) is 19.1. The van der Waals surface area contributed by atoms with Crippen LogP contribution in [0.3, 0.4) is 0 Å². The van der Waals surface area contributed by atoms with Crippen molar-refractivity contribution in [2.45, 2.75) is 52.5 Å². The maximum atomic E-state index is 11.8. The Morgan fingerprint density at radius 2 is 2.17 bits per heavy atom. The number of ether oxygens (including phenoxy) is 1. The summed E-state index contributed by atoms with van der Waals surface area (Å²) in [5.41, 5.74) is 0.907. The third kappa shape index (κ3) is 7.73. The van der Waals surface area contributed by atoms with Crippen LogP contribution in [0.2, 0.25) is 0 Å². The van der Waals surface area contributed by atoms with Gasteiger partial charge in [0.2, 0.25) is 5.91 Å². The molecule has 23 heavy (non-hydrogen) atoms. The van der Waals surface area contributed by atoms with Gasteiger partial charge in [0.1, 0.15) is 0 Å². The number of methoxy groups -OCH3 is 1. The van der Waals surface area contributed by atoms with Crippen molar-refractivity contribution in [2.75, 3.05) is 7.11 Å². The average Bonchev–Trinajstić information content (AvgIpc) is 2.56. The van der Waals surface area contributed by atoms with Gasteiger partial charge in [0.15, 0.2) is 11.5 Å².